The highest BCUT2D eigenvalue weighted by atomic mass is 79.9. The largest absolute Gasteiger partial charge is 0.224 e. The summed E-state index contributed by atoms with van der Waals surface area (Å²) >= 11 is 3.35. The first-order chi connectivity index (χ1) is 7.89. The smallest absolute Gasteiger partial charge is 0.176 e. The number of sulfone groups is 1. The zero-order valence-electron chi connectivity index (χ0n) is 9.82. The summed E-state index contributed by atoms with van der Waals surface area (Å²) in [6, 6.07) is 5.56. The van der Waals surface area contributed by atoms with Crippen LogP contribution in [0, 0.1) is 12.8 Å². The van der Waals surface area contributed by atoms with Gasteiger partial charge in [0.2, 0.25) is 0 Å². The van der Waals surface area contributed by atoms with E-state index in [0.717, 1.165) is 12.8 Å². The Morgan fingerprint density at radius 3 is 2.53 bits per heavy atom. The third-order valence-corrected chi connectivity index (χ3v) is 5.52. The van der Waals surface area contributed by atoms with Crippen LogP contribution in [0.1, 0.15) is 30.7 Å². The molecule has 0 heterocycles. The van der Waals surface area contributed by atoms with Crippen LogP contribution in [0.5, 0.6) is 0 Å². The summed E-state index contributed by atoms with van der Waals surface area (Å²) in [5, 5.41) is 0. The molecule has 93 valence electrons. The van der Waals surface area contributed by atoms with E-state index in [1.807, 2.05) is 12.1 Å². The predicted octanol–water partition coefficient (Wildman–Crippen LogP) is 3.57. The highest BCUT2D eigenvalue weighted by molar-refractivity contribution is 9.10. The molecule has 0 saturated heterocycles. The zero-order valence-corrected chi connectivity index (χ0v) is 12.2. The van der Waals surface area contributed by atoms with Crippen molar-refractivity contribution in [2.45, 2.75) is 30.1 Å². The second kappa shape index (κ2) is 4.73. The maximum Gasteiger partial charge on any atom is 0.176 e. The molecule has 0 N–H and O–H groups in total. The summed E-state index contributed by atoms with van der Waals surface area (Å²) < 4.78 is 23.7. The van der Waals surface area contributed by atoms with Crippen molar-refractivity contribution in [1.29, 1.82) is 0 Å². The Labute approximate surface area is 111 Å². The van der Waals surface area contributed by atoms with Gasteiger partial charge in [-0.1, -0.05) is 12.5 Å². The van der Waals surface area contributed by atoms with Crippen molar-refractivity contribution in [3.63, 3.8) is 0 Å². The van der Waals surface area contributed by atoms with Crippen LogP contribution in [0.2, 0.25) is 0 Å². The van der Waals surface area contributed by atoms with Crippen molar-refractivity contribution in [3.8, 4) is 0 Å². The second-order valence-corrected chi connectivity index (χ2v) is 7.60. The lowest BCUT2D eigenvalue weighted by atomic mass is 9.90. The van der Waals surface area contributed by atoms with Crippen molar-refractivity contribution >= 4 is 25.8 Å². The molecular weight excluding hydrogens is 300 g/mol. The molecule has 0 amide bonds. The van der Waals surface area contributed by atoms with E-state index in [-0.39, 0.29) is 0 Å². The molecule has 1 aromatic rings. The van der Waals surface area contributed by atoms with Crippen molar-refractivity contribution in [2.75, 3.05) is 6.26 Å². The van der Waals surface area contributed by atoms with Gasteiger partial charge in [0.15, 0.2) is 9.84 Å². The quantitative estimate of drug-likeness (QED) is 0.836. The molecule has 1 aromatic carbocycles. The lowest BCUT2D eigenvalue weighted by molar-refractivity contribution is 0.585. The van der Waals surface area contributed by atoms with Crippen LogP contribution in [0.25, 0.3) is 0 Å². The molecule has 0 spiro atoms. The summed E-state index contributed by atoms with van der Waals surface area (Å²) in [5.74, 6) is 0.922. The molecule has 1 fully saturated rings. The monoisotopic (exact) mass is 315 g/mol. The molecule has 17 heavy (non-hydrogen) atoms. The third-order valence-electron chi connectivity index (χ3n) is 3.44. The fraction of sp³-hybridized carbons (Fsp3) is 0.462. The summed E-state index contributed by atoms with van der Waals surface area (Å²) in [5.41, 5.74) is 1.20. The Morgan fingerprint density at radius 2 is 2.06 bits per heavy atom. The number of benzene rings is 1. The van der Waals surface area contributed by atoms with Crippen LogP contribution in [-0.4, -0.2) is 14.7 Å². The molecule has 2 rings (SSSR count). The summed E-state index contributed by atoms with van der Waals surface area (Å²) in [7, 11) is -3.15. The molecule has 1 aliphatic carbocycles. The molecule has 0 aromatic heterocycles. The molecule has 1 saturated carbocycles. The molecule has 2 atom stereocenters. The minimum atomic E-state index is -3.15. The summed E-state index contributed by atoms with van der Waals surface area (Å²) in [6.45, 7) is 4.16. The van der Waals surface area contributed by atoms with Crippen LogP contribution < -0.4 is 0 Å². The average molecular weight is 316 g/mol. The van der Waals surface area contributed by atoms with Crippen LogP contribution >= 0.6 is 15.9 Å². The number of rotatable bonds is 2. The topological polar surface area (TPSA) is 34.1 Å². The first kappa shape index (κ1) is 13.1. The molecule has 1 radical (unpaired) electrons. The van der Waals surface area contributed by atoms with Gasteiger partial charge in [0.25, 0.3) is 0 Å². The molecular formula is C13H16BrO2S. The van der Waals surface area contributed by atoms with Gasteiger partial charge in [0.1, 0.15) is 0 Å². The SMILES string of the molecule is [CH2]C1CCCC1c1ccc(S(C)(=O)=O)c(Br)c1. The predicted molar refractivity (Wildman–Crippen MR) is 72.7 cm³/mol. The maximum absolute atomic E-state index is 11.5. The van der Waals surface area contributed by atoms with Gasteiger partial charge < -0.3 is 0 Å². The molecule has 2 nitrogen and oxygen atoms in total. The fourth-order valence-electron chi connectivity index (χ4n) is 2.52. The summed E-state index contributed by atoms with van der Waals surface area (Å²) in [6.07, 6.45) is 4.76. The van der Waals surface area contributed by atoms with Gasteiger partial charge >= 0.3 is 0 Å². The minimum absolute atomic E-state index is 0.361. The van der Waals surface area contributed by atoms with E-state index in [0.29, 0.717) is 21.2 Å². The Balaban J connectivity index is 2.37. The van der Waals surface area contributed by atoms with Crippen LogP contribution in [-0.2, 0) is 9.84 Å². The molecule has 0 bridgehead atoms. The van der Waals surface area contributed by atoms with Gasteiger partial charge in [0.05, 0.1) is 4.90 Å². The van der Waals surface area contributed by atoms with Gasteiger partial charge in [-0.05, 0) is 65.2 Å². The van der Waals surface area contributed by atoms with E-state index in [4.69, 9.17) is 0 Å². The molecule has 1 aliphatic rings. The zero-order chi connectivity index (χ0) is 12.6. The van der Waals surface area contributed by atoms with Gasteiger partial charge in [-0.25, -0.2) is 8.42 Å². The fourth-order valence-corrected chi connectivity index (χ4v) is 4.53. The van der Waals surface area contributed by atoms with E-state index in [2.05, 4.69) is 22.9 Å². The van der Waals surface area contributed by atoms with Crippen molar-refractivity contribution in [2.24, 2.45) is 5.92 Å². The third kappa shape index (κ3) is 2.74. The van der Waals surface area contributed by atoms with Crippen molar-refractivity contribution in [1.82, 2.24) is 0 Å². The average Bonchev–Trinajstić information content (AvgIpc) is 2.62. The van der Waals surface area contributed by atoms with Gasteiger partial charge in [-0.2, -0.15) is 0 Å². The van der Waals surface area contributed by atoms with E-state index >= 15 is 0 Å². The number of halogens is 1. The Kier molecular flexibility index (Phi) is 3.64. The van der Waals surface area contributed by atoms with E-state index in [1.54, 1.807) is 6.07 Å². The highest BCUT2D eigenvalue weighted by Crippen LogP contribution is 2.40. The van der Waals surface area contributed by atoms with Gasteiger partial charge in [-0.15, -0.1) is 0 Å². The normalized spacial score (nSPS) is 25.1. The van der Waals surface area contributed by atoms with Crippen LogP contribution in [0.15, 0.2) is 27.6 Å². The highest BCUT2D eigenvalue weighted by Gasteiger charge is 2.25. The van der Waals surface area contributed by atoms with Gasteiger partial charge in [0, 0.05) is 10.7 Å². The van der Waals surface area contributed by atoms with Gasteiger partial charge in [-0.3, -0.25) is 0 Å². The standard InChI is InChI=1S/C13H16BrO2S/c1-9-4-3-5-11(9)10-6-7-13(12(14)8-10)17(2,15)16/h6-9,11H,1,3-5H2,2H3. The van der Waals surface area contributed by atoms with E-state index in [1.165, 1.54) is 18.2 Å². The number of hydrogen-bond donors (Lipinski definition) is 0. The molecule has 4 heteroatoms. The lowest BCUT2D eigenvalue weighted by Crippen LogP contribution is -2.04. The Morgan fingerprint density at radius 1 is 1.35 bits per heavy atom. The van der Waals surface area contributed by atoms with Crippen LogP contribution in [0.4, 0.5) is 0 Å². The first-order valence-electron chi connectivity index (χ1n) is 5.72. The second-order valence-electron chi connectivity index (χ2n) is 4.76. The number of hydrogen-bond acceptors (Lipinski definition) is 2. The molecule has 0 aliphatic heterocycles. The van der Waals surface area contributed by atoms with Crippen molar-refractivity contribution < 1.29 is 8.42 Å². The lowest BCUT2D eigenvalue weighted by Gasteiger charge is -2.16. The first-order valence-corrected chi connectivity index (χ1v) is 8.40. The Hall–Kier alpha value is -0.350. The van der Waals surface area contributed by atoms with E-state index < -0.39 is 9.84 Å². The van der Waals surface area contributed by atoms with E-state index in [9.17, 15) is 8.42 Å². The summed E-state index contributed by atoms with van der Waals surface area (Å²) in [4.78, 5) is 0.361. The Bertz CT molecular complexity index is 522. The van der Waals surface area contributed by atoms with Crippen molar-refractivity contribution in [3.05, 3.63) is 35.2 Å². The van der Waals surface area contributed by atoms with Crippen LogP contribution in [0.3, 0.4) is 0 Å². The minimum Gasteiger partial charge on any atom is -0.224 e. The molecule has 2 unspecified atom stereocenters. The maximum atomic E-state index is 11.5.